The summed E-state index contributed by atoms with van der Waals surface area (Å²) < 4.78 is 36.8. The zero-order chi connectivity index (χ0) is 19.0. The highest BCUT2D eigenvalue weighted by Gasteiger charge is 2.43. The van der Waals surface area contributed by atoms with Crippen LogP contribution in [-0.4, -0.2) is 21.1 Å². The van der Waals surface area contributed by atoms with Gasteiger partial charge in [-0.25, -0.2) is 4.68 Å². The number of ether oxygens (including phenoxy) is 2. The first kappa shape index (κ1) is 16.8. The Morgan fingerprint density at radius 2 is 2.00 bits per heavy atom. The summed E-state index contributed by atoms with van der Waals surface area (Å²) in [5, 5.41) is 16.6. The second-order valence-corrected chi connectivity index (χ2v) is 5.88. The van der Waals surface area contributed by atoms with Gasteiger partial charge in [0.1, 0.15) is 0 Å². The monoisotopic (exact) mass is 369 g/mol. The molecule has 9 heteroatoms. The van der Waals surface area contributed by atoms with Gasteiger partial charge in [-0.05, 0) is 31.2 Å². The third-order valence-electron chi connectivity index (χ3n) is 3.84. The lowest BCUT2D eigenvalue weighted by atomic mass is 10.2. The number of rotatable bonds is 4. The van der Waals surface area contributed by atoms with Crippen molar-refractivity contribution in [2.75, 3.05) is 5.32 Å². The molecule has 0 fully saturated rings. The number of hydrogen-bond donors (Lipinski definition) is 1. The van der Waals surface area contributed by atoms with Gasteiger partial charge in [0.05, 0.1) is 23.9 Å². The molecule has 2 aromatic heterocycles. The van der Waals surface area contributed by atoms with Crippen LogP contribution in [0, 0.1) is 18.3 Å². The van der Waals surface area contributed by atoms with Crippen molar-refractivity contribution in [3.05, 3.63) is 54.0 Å². The van der Waals surface area contributed by atoms with Crippen LogP contribution in [0.15, 0.2) is 42.6 Å². The van der Waals surface area contributed by atoms with Crippen molar-refractivity contribution in [3.63, 3.8) is 0 Å². The Balaban J connectivity index is 1.64. The zero-order valence-corrected chi connectivity index (χ0v) is 14.1. The summed E-state index contributed by atoms with van der Waals surface area (Å²) in [4.78, 5) is 4.15. The van der Waals surface area contributed by atoms with Crippen LogP contribution in [0.1, 0.15) is 11.4 Å². The molecule has 1 aromatic carbocycles. The van der Waals surface area contributed by atoms with Gasteiger partial charge in [0.2, 0.25) is 0 Å². The lowest BCUT2D eigenvalue weighted by molar-refractivity contribution is -0.286. The van der Waals surface area contributed by atoms with Gasteiger partial charge in [0.15, 0.2) is 17.3 Å². The Hall–Kier alpha value is -3.67. The first-order chi connectivity index (χ1) is 12.9. The number of pyridine rings is 1. The minimum absolute atomic E-state index is 0.0338. The molecule has 1 aliphatic rings. The van der Waals surface area contributed by atoms with Crippen molar-refractivity contribution in [2.45, 2.75) is 19.6 Å². The Morgan fingerprint density at radius 3 is 2.78 bits per heavy atom. The van der Waals surface area contributed by atoms with Gasteiger partial charge < -0.3 is 14.8 Å². The van der Waals surface area contributed by atoms with Crippen molar-refractivity contribution in [2.24, 2.45) is 0 Å². The van der Waals surface area contributed by atoms with Crippen LogP contribution < -0.4 is 14.8 Å². The van der Waals surface area contributed by atoms with Gasteiger partial charge in [0.25, 0.3) is 0 Å². The van der Waals surface area contributed by atoms with E-state index in [1.165, 1.54) is 12.1 Å². The number of halogens is 2. The van der Waals surface area contributed by atoms with Crippen molar-refractivity contribution in [3.8, 4) is 23.3 Å². The summed E-state index contributed by atoms with van der Waals surface area (Å²) in [6.07, 6.45) is -1.85. The maximum atomic E-state index is 13.1. The highest BCUT2D eigenvalue weighted by molar-refractivity contribution is 5.62. The smallest absolute Gasteiger partial charge is 0.395 e. The van der Waals surface area contributed by atoms with Crippen molar-refractivity contribution >= 4 is 11.5 Å². The molecule has 0 atom stereocenters. The molecule has 0 radical (unpaired) electrons. The first-order valence-corrected chi connectivity index (χ1v) is 7.99. The number of fused-ring (bicyclic) bond motifs is 1. The van der Waals surface area contributed by atoms with E-state index in [0.29, 0.717) is 17.2 Å². The molecule has 0 spiro atoms. The van der Waals surface area contributed by atoms with Crippen LogP contribution in [0.2, 0.25) is 0 Å². The number of hydrogen-bond acceptors (Lipinski definition) is 6. The van der Waals surface area contributed by atoms with E-state index in [1.54, 1.807) is 29.1 Å². The SMILES string of the molecule is Cc1cc(-n2nc(Nc3ccc4c(c3)OC(F)(F)O4)cc2CC#N)ccn1. The third-order valence-corrected chi connectivity index (χ3v) is 3.84. The van der Waals surface area contributed by atoms with E-state index < -0.39 is 6.29 Å². The summed E-state index contributed by atoms with van der Waals surface area (Å²) in [5.74, 6) is 0.361. The van der Waals surface area contributed by atoms with E-state index in [-0.39, 0.29) is 17.9 Å². The summed E-state index contributed by atoms with van der Waals surface area (Å²) in [6, 6.07) is 11.8. The average molecular weight is 369 g/mol. The molecule has 27 heavy (non-hydrogen) atoms. The van der Waals surface area contributed by atoms with Crippen LogP contribution in [0.5, 0.6) is 11.5 Å². The van der Waals surface area contributed by atoms with Crippen LogP contribution in [0.4, 0.5) is 20.3 Å². The van der Waals surface area contributed by atoms with Gasteiger partial charge in [0, 0.05) is 29.7 Å². The van der Waals surface area contributed by atoms with E-state index in [4.69, 9.17) is 5.26 Å². The average Bonchev–Trinajstić information content (AvgIpc) is 3.13. The minimum Gasteiger partial charge on any atom is -0.395 e. The molecule has 0 aliphatic carbocycles. The lowest BCUT2D eigenvalue weighted by Crippen LogP contribution is -2.25. The molecule has 0 saturated carbocycles. The van der Waals surface area contributed by atoms with E-state index in [9.17, 15) is 8.78 Å². The second kappa shape index (κ2) is 6.25. The Bertz CT molecular complexity index is 1060. The van der Waals surface area contributed by atoms with Gasteiger partial charge in [-0.3, -0.25) is 4.98 Å². The molecule has 7 nitrogen and oxygen atoms in total. The van der Waals surface area contributed by atoms with E-state index in [0.717, 1.165) is 11.4 Å². The quantitative estimate of drug-likeness (QED) is 0.755. The van der Waals surface area contributed by atoms with E-state index >= 15 is 0 Å². The highest BCUT2D eigenvalue weighted by atomic mass is 19.3. The number of aryl methyl sites for hydroxylation is 1. The standard InChI is InChI=1S/C18H13F2N5O2/c1-11-8-14(5-7-22-11)25-13(4-6-21)10-17(24-25)23-12-2-3-15-16(9-12)27-18(19,20)26-15/h2-3,5,7-10H,4H2,1H3,(H,23,24). The van der Waals surface area contributed by atoms with Crippen LogP contribution in [-0.2, 0) is 6.42 Å². The summed E-state index contributed by atoms with van der Waals surface area (Å²) in [6.45, 7) is 1.86. The number of alkyl halides is 2. The predicted molar refractivity (Wildman–Crippen MR) is 91.3 cm³/mol. The molecule has 0 saturated heterocycles. The topological polar surface area (TPSA) is 85.0 Å². The molecule has 0 amide bonds. The number of aromatic nitrogens is 3. The number of nitrogens with one attached hydrogen (secondary N) is 1. The molecule has 3 aromatic rings. The molecule has 136 valence electrons. The van der Waals surface area contributed by atoms with E-state index in [1.807, 2.05) is 13.0 Å². The highest BCUT2D eigenvalue weighted by Crippen LogP contribution is 2.42. The summed E-state index contributed by atoms with van der Waals surface area (Å²) in [7, 11) is 0. The fourth-order valence-electron chi connectivity index (χ4n) is 2.75. The van der Waals surface area contributed by atoms with Crippen molar-refractivity contribution < 1.29 is 18.3 Å². The molecule has 0 bridgehead atoms. The van der Waals surface area contributed by atoms with Crippen LogP contribution in [0.3, 0.4) is 0 Å². The second-order valence-electron chi connectivity index (χ2n) is 5.88. The van der Waals surface area contributed by atoms with Gasteiger partial charge in [-0.15, -0.1) is 13.9 Å². The summed E-state index contributed by atoms with van der Waals surface area (Å²) in [5.41, 5.74) is 2.76. The van der Waals surface area contributed by atoms with E-state index in [2.05, 4.69) is 30.9 Å². The molecular weight excluding hydrogens is 356 g/mol. The Morgan fingerprint density at radius 1 is 1.19 bits per heavy atom. The molecule has 1 aliphatic heterocycles. The van der Waals surface area contributed by atoms with Crippen LogP contribution in [0.25, 0.3) is 5.69 Å². The fourth-order valence-corrected chi connectivity index (χ4v) is 2.75. The third kappa shape index (κ3) is 3.37. The van der Waals surface area contributed by atoms with Crippen molar-refractivity contribution in [1.29, 1.82) is 5.26 Å². The molecule has 4 rings (SSSR count). The molecule has 0 unspecified atom stereocenters. The summed E-state index contributed by atoms with van der Waals surface area (Å²) >= 11 is 0. The van der Waals surface area contributed by atoms with Gasteiger partial charge >= 0.3 is 6.29 Å². The lowest BCUT2D eigenvalue weighted by Gasteiger charge is -2.06. The first-order valence-electron chi connectivity index (χ1n) is 7.99. The van der Waals surface area contributed by atoms with Crippen LogP contribution >= 0.6 is 0 Å². The number of nitrogens with zero attached hydrogens (tertiary/aromatic N) is 4. The molecular formula is C18H13F2N5O2. The van der Waals surface area contributed by atoms with Gasteiger partial charge in [-0.2, -0.15) is 5.26 Å². The number of anilines is 2. The minimum atomic E-state index is -3.66. The maximum absolute atomic E-state index is 13.1. The fraction of sp³-hybridized carbons (Fsp3) is 0.167. The Labute approximate surface area is 152 Å². The van der Waals surface area contributed by atoms with Gasteiger partial charge in [-0.1, -0.05) is 0 Å². The normalized spacial score (nSPS) is 14.0. The predicted octanol–water partition coefficient (Wildman–Crippen LogP) is 3.71. The molecule has 3 heterocycles. The Kier molecular flexibility index (Phi) is 3.88. The largest absolute Gasteiger partial charge is 0.586 e. The maximum Gasteiger partial charge on any atom is 0.586 e. The zero-order valence-electron chi connectivity index (χ0n) is 14.1. The van der Waals surface area contributed by atoms with Crippen molar-refractivity contribution in [1.82, 2.24) is 14.8 Å². The number of benzene rings is 1. The molecule has 1 N–H and O–H groups in total. The number of nitriles is 1.